The second-order valence-electron chi connectivity index (χ2n) is 16.7. The van der Waals surface area contributed by atoms with E-state index in [0.29, 0.717) is 56.9 Å². The van der Waals surface area contributed by atoms with Gasteiger partial charge in [0, 0.05) is 44.9 Å². The van der Waals surface area contributed by atoms with E-state index < -0.39 is 65.6 Å². The number of aliphatic hydroxyl groups excluding tert-OH is 2. The maximum atomic E-state index is 14.1. The molecule has 54 heavy (non-hydrogen) atoms. The number of carbonyl (C=O) groups excluding carboxylic acids is 4. The minimum absolute atomic E-state index is 0.0467. The first-order chi connectivity index (χ1) is 25.4. The van der Waals surface area contributed by atoms with Crippen molar-refractivity contribution in [1.82, 2.24) is 4.90 Å². The highest BCUT2D eigenvalue weighted by Gasteiger charge is 2.48. The average molecular weight is 764 g/mol. The Kier molecular flexibility index (Phi) is 18.0. The van der Waals surface area contributed by atoms with E-state index in [-0.39, 0.29) is 55.6 Å². The van der Waals surface area contributed by atoms with Gasteiger partial charge in [0.25, 0.3) is 11.7 Å². The summed E-state index contributed by atoms with van der Waals surface area (Å²) in [7, 11) is 3.11. The molecule has 0 aromatic carbocycles. The van der Waals surface area contributed by atoms with Crippen LogP contribution in [0, 0.1) is 29.6 Å². The smallest absolute Gasteiger partial charge is 0.329 e. The van der Waals surface area contributed by atoms with Gasteiger partial charge in [0.2, 0.25) is 5.79 Å². The number of amides is 1. The Bertz CT molecular complexity index is 1320. The Morgan fingerprint density at radius 3 is 2.17 bits per heavy atom. The van der Waals surface area contributed by atoms with Crippen LogP contribution in [-0.2, 0) is 33.4 Å². The van der Waals surface area contributed by atoms with Gasteiger partial charge in [-0.3, -0.25) is 14.4 Å². The summed E-state index contributed by atoms with van der Waals surface area (Å²) in [4.78, 5) is 56.2. The topological polar surface area (TPSA) is 180 Å². The Morgan fingerprint density at radius 2 is 1.56 bits per heavy atom. The number of fused-ring (bicyclic) bond motifs is 1. The Labute approximate surface area is 322 Å². The first-order valence-corrected chi connectivity index (χ1v) is 20.2. The van der Waals surface area contributed by atoms with Gasteiger partial charge in [-0.05, 0) is 108 Å². The fourth-order valence-corrected chi connectivity index (χ4v) is 8.59. The number of rotatable bonds is 5. The molecule has 12 heteroatoms. The Morgan fingerprint density at radius 1 is 0.926 bits per heavy atom. The van der Waals surface area contributed by atoms with Crippen molar-refractivity contribution in [2.75, 3.05) is 20.8 Å². The molecule has 308 valence electrons. The van der Waals surface area contributed by atoms with Crippen LogP contribution in [0.15, 0.2) is 23.3 Å². The number of allylic oxidation sites excluding steroid dienone is 3. The van der Waals surface area contributed by atoms with Crippen LogP contribution in [0.25, 0.3) is 0 Å². The molecule has 1 aliphatic carbocycles. The molecule has 0 radical (unpaired) electrons. The van der Waals surface area contributed by atoms with Crippen molar-refractivity contribution in [3.05, 3.63) is 23.3 Å². The van der Waals surface area contributed by atoms with E-state index >= 15 is 0 Å². The van der Waals surface area contributed by atoms with E-state index in [1.54, 1.807) is 14.0 Å². The zero-order valence-corrected chi connectivity index (χ0v) is 34.0. The number of ketones is 2. The highest BCUT2D eigenvalue weighted by molar-refractivity contribution is 6.39. The van der Waals surface area contributed by atoms with E-state index in [1.165, 1.54) is 14.0 Å². The van der Waals surface area contributed by atoms with E-state index in [9.17, 15) is 39.6 Å². The minimum Gasteiger partial charge on any atom is -0.456 e. The van der Waals surface area contributed by atoms with Crippen LogP contribution in [0.5, 0.6) is 0 Å². The van der Waals surface area contributed by atoms with Gasteiger partial charge in [-0.25, -0.2) is 4.79 Å². The second kappa shape index (κ2) is 21.2. The summed E-state index contributed by atoms with van der Waals surface area (Å²) < 4.78 is 17.7. The van der Waals surface area contributed by atoms with Crippen molar-refractivity contribution in [1.29, 1.82) is 0 Å². The normalized spacial score (nSPS) is 37.6. The average Bonchev–Trinajstić information content (AvgIpc) is 3.14. The molecule has 3 aliphatic rings. The molecular weight excluding hydrogens is 694 g/mol. The summed E-state index contributed by atoms with van der Waals surface area (Å²) in [6, 6.07) is -1.16. The second-order valence-corrected chi connectivity index (χ2v) is 16.7. The molecule has 0 bridgehead atoms. The van der Waals surface area contributed by atoms with Gasteiger partial charge < -0.3 is 39.5 Å². The van der Waals surface area contributed by atoms with Gasteiger partial charge in [-0.2, -0.15) is 0 Å². The lowest BCUT2D eigenvalue weighted by Crippen LogP contribution is -2.58. The number of carbonyl (C=O) groups is 4. The van der Waals surface area contributed by atoms with Gasteiger partial charge in [0.1, 0.15) is 17.9 Å². The molecule has 0 unspecified atom stereocenters. The number of nitrogens with zero attached hydrogens (tertiary/aromatic N) is 1. The molecule has 12 nitrogen and oxygen atoms in total. The predicted octanol–water partition coefficient (Wildman–Crippen LogP) is 4.83. The molecule has 1 saturated carbocycles. The maximum Gasteiger partial charge on any atom is 0.329 e. The van der Waals surface area contributed by atoms with E-state index in [1.807, 2.05) is 32.9 Å². The summed E-state index contributed by atoms with van der Waals surface area (Å²) in [6.45, 7) is 11.1. The molecule has 1 amide bonds. The molecule has 0 spiro atoms. The monoisotopic (exact) mass is 763 g/mol. The predicted molar refractivity (Wildman–Crippen MR) is 204 cm³/mol. The summed E-state index contributed by atoms with van der Waals surface area (Å²) in [6.07, 6.45) is 7.14. The first kappa shape index (κ1) is 45.9. The van der Waals surface area contributed by atoms with E-state index in [4.69, 9.17) is 14.2 Å². The number of hydrogen-bond donors (Lipinski definition) is 4. The molecule has 9 atom stereocenters. The summed E-state index contributed by atoms with van der Waals surface area (Å²) in [5.41, 5.74) is 1.74. The van der Waals surface area contributed by atoms with Crippen molar-refractivity contribution < 1.29 is 53.8 Å². The fourth-order valence-electron chi connectivity index (χ4n) is 8.59. The number of esters is 1. The number of cyclic esters (lactones) is 1. The van der Waals surface area contributed by atoms with Gasteiger partial charge in [0.15, 0.2) is 0 Å². The van der Waals surface area contributed by atoms with Crippen LogP contribution in [0.4, 0.5) is 0 Å². The standard InChI is InChI=1S/C42H69NO11/c1-9-31-19-25(2)18-26(3)20-33(52-7)23-34(53-8)22-28(5)42(50,51)39(47)40(48)43-17-11-10-12-35(43)41(49)54-38(29(6)36(45)24-37(31)46)27(4)21-30-13-15-32(44)16-14-30/h19,21,26,28-36,38,44-45,50-51H,9-18,20,22-24H2,1-8H3/b25-19+,27-21+/t26-,28+,29+,30?,31+,32?,33-,34-,35-,36-,38+/m0/s1. The van der Waals surface area contributed by atoms with Crippen molar-refractivity contribution in [3.63, 3.8) is 0 Å². The zero-order valence-electron chi connectivity index (χ0n) is 34.0. The first-order valence-electron chi connectivity index (χ1n) is 20.2. The maximum absolute atomic E-state index is 14.1. The third-order valence-electron chi connectivity index (χ3n) is 12.2. The number of piperidine rings is 1. The van der Waals surface area contributed by atoms with Crippen LogP contribution < -0.4 is 0 Å². The van der Waals surface area contributed by atoms with Crippen molar-refractivity contribution in [2.45, 2.75) is 167 Å². The van der Waals surface area contributed by atoms with Crippen LogP contribution in [0.2, 0.25) is 0 Å². The van der Waals surface area contributed by atoms with Gasteiger partial charge >= 0.3 is 5.97 Å². The third-order valence-corrected chi connectivity index (χ3v) is 12.2. The van der Waals surface area contributed by atoms with Crippen LogP contribution in [-0.4, -0.2) is 112 Å². The van der Waals surface area contributed by atoms with Crippen LogP contribution >= 0.6 is 0 Å². The number of Topliss-reactive ketones (excluding diaryl/α,β-unsaturated/α-hetero) is 2. The summed E-state index contributed by atoms with van der Waals surface area (Å²) >= 11 is 0. The minimum atomic E-state index is -3.02. The van der Waals surface area contributed by atoms with E-state index in [0.717, 1.165) is 23.3 Å². The Hall–Kier alpha value is -2.48. The van der Waals surface area contributed by atoms with Gasteiger partial charge in [-0.1, -0.05) is 45.4 Å². The van der Waals surface area contributed by atoms with Crippen LogP contribution in [0.1, 0.15) is 125 Å². The fraction of sp³-hybridized carbons (Fsp3) is 0.810. The van der Waals surface area contributed by atoms with Crippen molar-refractivity contribution in [2.24, 2.45) is 29.6 Å². The quantitative estimate of drug-likeness (QED) is 0.130. The molecule has 2 heterocycles. The molecule has 1 saturated heterocycles. The van der Waals surface area contributed by atoms with Crippen LogP contribution in [0.3, 0.4) is 0 Å². The number of hydrogen-bond acceptors (Lipinski definition) is 11. The zero-order chi connectivity index (χ0) is 40.3. The van der Waals surface area contributed by atoms with Crippen molar-refractivity contribution in [3.8, 4) is 0 Å². The lowest BCUT2D eigenvalue weighted by atomic mass is 9.83. The largest absolute Gasteiger partial charge is 0.456 e. The third kappa shape index (κ3) is 12.5. The lowest BCUT2D eigenvalue weighted by Gasteiger charge is -2.38. The van der Waals surface area contributed by atoms with Crippen molar-refractivity contribution >= 4 is 23.4 Å². The molecule has 2 aliphatic heterocycles. The lowest BCUT2D eigenvalue weighted by molar-refractivity contribution is -0.208. The molecule has 0 aromatic heterocycles. The molecule has 0 aromatic rings. The Balaban J connectivity index is 2.04. The highest BCUT2D eigenvalue weighted by atomic mass is 16.5. The van der Waals surface area contributed by atoms with Gasteiger partial charge in [0.05, 0.1) is 24.4 Å². The number of ether oxygens (including phenoxy) is 3. The molecule has 3 rings (SSSR count). The van der Waals surface area contributed by atoms with E-state index in [2.05, 4.69) is 6.92 Å². The number of aliphatic hydroxyl groups is 4. The number of methoxy groups -OCH3 is 2. The molecular formula is C42H69NO11. The highest BCUT2D eigenvalue weighted by Crippen LogP contribution is 2.33. The summed E-state index contributed by atoms with van der Waals surface area (Å²) in [5, 5.41) is 44.0. The van der Waals surface area contributed by atoms with Gasteiger partial charge in [-0.15, -0.1) is 0 Å². The molecule has 2 fully saturated rings. The molecule has 4 N–H and O–H groups in total. The SMILES string of the molecule is CC[C@@H]1/C=C(\C)C[C@H](C)C[C@H](OC)C[C@@H](OC)C[C@@H](C)C(O)(O)C(=O)C(=O)N2CCCC[C@H]2C(=O)O[C@H](/C(C)=C/C2CCC(O)CC2)[C@H](C)[C@@H](O)CC1=O. The summed E-state index contributed by atoms with van der Waals surface area (Å²) in [5.74, 6) is -8.41.